The minimum atomic E-state index is -0.228. The Bertz CT molecular complexity index is 1720. The van der Waals surface area contributed by atoms with Crippen LogP contribution >= 0.6 is 0 Å². The third-order valence-corrected chi connectivity index (χ3v) is 11.3. The maximum Gasteiger partial charge on any atom is 0.318 e. The number of ether oxygens (including phenoxy) is 1. The van der Waals surface area contributed by atoms with E-state index >= 15 is 0 Å². The quantitative estimate of drug-likeness (QED) is 0.201. The van der Waals surface area contributed by atoms with Gasteiger partial charge in [-0.25, -0.2) is 6.57 Å². The second-order valence-electron chi connectivity index (χ2n) is 14.8. The highest BCUT2D eigenvalue weighted by Gasteiger charge is 2.48. The van der Waals surface area contributed by atoms with Crippen molar-refractivity contribution in [2.45, 2.75) is 71.1 Å². The number of benzene rings is 2. The molecule has 0 unspecified atom stereocenters. The minimum Gasteiger partial charge on any atom is -0.459 e. The Morgan fingerprint density at radius 3 is 2.69 bits per heavy atom. The summed E-state index contributed by atoms with van der Waals surface area (Å²) in [5.74, 6) is 1.55. The van der Waals surface area contributed by atoms with Crippen LogP contribution in [0.4, 0.5) is 11.5 Å². The van der Waals surface area contributed by atoms with E-state index in [1.54, 1.807) is 4.90 Å². The van der Waals surface area contributed by atoms with E-state index in [1.807, 2.05) is 0 Å². The number of nitrogens with zero attached hydrogens (tertiary/aromatic N) is 7. The summed E-state index contributed by atoms with van der Waals surface area (Å²) in [6.07, 6.45) is 9.13. The minimum absolute atomic E-state index is 0.0732. The number of anilines is 2. The van der Waals surface area contributed by atoms with Gasteiger partial charge in [-0.15, -0.1) is 0 Å². The molecule has 2 aliphatic carbocycles. The lowest BCUT2D eigenvalue weighted by Gasteiger charge is -2.55. The summed E-state index contributed by atoms with van der Waals surface area (Å²) in [5, 5.41) is 2.52. The summed E-state index contributed by atoms with van der Waals surface area (Å²) in [6, 6.07) is 13.2. The van der Waals surface area contributed by atoms with Gasteiger partial charge in [0.1, 0.15) is 18.0 Å². The van der Waals surface area contributed by atoms with Gasteiger partial charge in [-0.1, -0.05) is 43.3 Å². The van der Waals surface area contributed by atoms with Crippen LogP contribution in [0.3, 0.4) is 0 Å². The van der Waals surface area contributed by atoms with Crippen molar-refractivity contribution < 1.29 is 9.53 Å². The second kappa shape index (κ2) is 13.4. The van der Waals surface area contributed by atoms with Crippen molar-refractivity contribution in [1.82, 2.24) is 19.8 Å². The summed E-state index contributed by atoms with van der Waals surface area (Å²) in [7, 11) is 2.20. The number of carbonyl (C=O) groups is 1. The fourth-order valence-electron chi connectivity index (χ4n) is 8.94. The van der Waals surface area contributed by atoms with Crippen LogP contribution in [0.15, 0.2) is 49.1 Å². The number of aromatic nitrogens is 2. The lowest BCUT2D eigenvalue weighted by atomic mass is 9.52. The molecule has 2 aromatic carbocycles. The van der Waals surface area contributed by atoms with Gasteiger partial charge in [0.15, 0.2) is 0 Å². The number of amides is 1. The summed E-state index contributed by atoms with van der Waals surface area (Å²) < 4.78 is 6.54. The van der Waals surface area contributed by atoms with Crippen molar-refractivity contribution in [2.24, 2.45) is 11.3 Å². The number of carbonyl (C=O) groups excluding carboxylic acids is 1. The van der Waals surface area contributed by atoms with E-state index in [9.17, 15) is 4.79 Å². The van der Waals surface area contributed by atoms with E-state index in [4.69, 9.17) is 21.3 Å². The van der Waals surface area contributed by atoms with Crippen LogP contribution < -0.4 is 14.5 Å². The van der Waals surface area contributed by atoms with Crippen LogP contribution in [0.25, 0.3) is 15.6 Å². The third-order valence-electron chi connectivity index (χ3n) is 11.3. The van der Waals surface area contributed by atoms with Crippen molar-refractivity contribution >= 4 is 28.2 Å². The highest BCUT2D eigenvalue weighted by Crippen LogP contribution is 2.58. The number of hydrogen-bond donors (Lipinski definition) is 0. The van der Waals surface area contributed by atoms with Gasteiger partial charge < -0.3 is 29.2 Å². The predicted octanol–water partition coefficient (Wildman–Crippen LogP) is 5.90. The molecule has 252 valence electrons. The van der Waals surface area contributed by atoms with Gasteiger partial charge in [0.05, 0.1) is 12.2 Å². The topological polar surface area (TPSA) is 69.4 Å². The van der Waals surface area contributed by atoms with Gasteiger partial charge in [-0.05, 0) is 87.4 Å². The molecular weight excluding hydrogens is 598 g/mol. The molecule has 3 aromatic rings. The Morgan fingerprint density at radius 1 is 1.17 bits per heavy atom. The van der Waals surface area contributed by atoms with E-state index in [-0.39, 0.29) is 24.6 Å². The molecule has 2 saturated carbocycles. The smallest absolute Gasteiger partial charge is 0.318 e. The molecule has 2 aliphatic heterocycles. The monoisotopic (exact) mass is 647 g/mol. The van der Waals surface area contributed by atoms with Crippen LogP contribution in [-0.4, -0.2) is 90.7 Å². The summed E-state index contributed by atoms with van der Waals surface area (Å²) in [5.41, 5.74) is 5.31. The van der Waals surface area contributed by atoms with Crippen LogP contribution in [0, 0.1) is 24.8 Å². The first-order chi connectivity index (χ1) is 23.3. The first-order valence-corrected chi connectivity index (χ1v) is 17.8. The van der Waals surface area contributed by atoms with E-state index < -0.39 is 0 Å². The van der Waals surface area contributed by atoms with Crippen LogP contribution in [0.5, 0.6) is 6.01 Å². The molecule has 0 N–H and O–H groups in total. The maximum absolute atomic E-state index is 12.7. The first-order valence-electron chi connectivity index (χ1n) is 17.8. The first kappa shape index (κ1) is 32.4. The van der Waals surface area contributed by atoms with Gasteiger partial charge in [0.2, 0.25) is 12.5 Å². The standard InChI is InChI=1S/C39H49N7O2/c1-6-35(47)46-19-18-45(25-31(46)22-40-4)37-32-14-17-44(34-13-8-12-30-11-7-10-27(2)36(30)34)26-33(32)41-38(42-37)48-28(3)23-43(5)24-29-20-39(21-29)15-9-16-39/h6-8,10-13,28-29,31H,1,9,14-26H2,2-3,5H3/t28-,31-/m0/s1. The molecule has 3 fully saturated rings. The van der Waals surface area contributed by atoms with Crippen molar-refractivity contribution in [2.75, 3.05) is 62.7 Å². The molecule has 1 amide bonds. The fraction of sp³-hybridized carbons (Fsp3) is 0.538. The number of piperazine rings is 1. The van der Waals surface area contributed by atoms with E-state index in [0.29, 0.717) is 37.6 Å². The van der Waals surface area contributed by atoms with Gasteiger partial charge >= 0.3 is 6.01 Å². The SMILES string of the molecule is [C-]#[N+]C[C@H]1CN(c2nc(O[C@@H](C)CN(C)CC3CC4(CCC4)C3)nc3c2CCN(c2cccc4cccc(C)c24)C3)CCN1C(=O)C=C. The zero-order chi connectivity index (χ0) is 33.4. The number of hydrogen-bond acceptors (Lipinski definition) is 7. The molecule has 2 atom stereocenters. The second-order valence-corrected chi connectivity index (χ2v) is 14.8. The summed E-state index contributed by atoms with van der Waals surface area (Å²) in [4.78, 5) is 35.4. The molecule has 9 heteroatoms. The lowest BCUT2D eigenvalue weighted by molar-refractivity contribution is -0.128. The molecule has 1 spiro atoms. The molecular formula is C39H49N7O2. The largest absolute Gasteiger partial charge is 0.459 e. The van der Waals surface area contributed by atoms with Crippen LogP contribution in [0.1, 0.15) is 55.8 Å². The fourth-order valence-corrected chi connectivity index (χ4v) is 8.94. The Labute approximate surface area is 285 Å². The zero-order valence-electron chi connectivity index (χ0n) is 28.8. The van der Waals surface area contributed by atoms with Crippen molar-refractivity contribution in [3.05, 3.63) is 77.3 Å². The van der Waals surface area contributed by atoms with E-state index in [0.717, 1.165) is 49.0 Å². The molecule has 0 radical (unpaired) electrons. The average molecular weight is 648 g/mol. The maximum atomic E-state index is 12.7. The molecule has 7 rings (SSSR count). The molecule has 9 nitrogen and oxygen atoms in total. The highest BCUT2D eigenvalue weighted by atomic mass is 16.5. The Hall–Kier alpha value is -4.16. The Balaban J connectivity index is 1.14. The normalized spacial score (nSPS) is 21.0. The van der Waals surface area contributed by atoms with Gasteiger partial charge in [0, 0.05) is 55.9 Å². The van der Waals surface area contributed by atoms with Crippen molar-refractivity contribution in [3.8, 4) is 6.01 Å². The predicted molar refractivity (Wildman–Crippen MR) is 191 cm³/mol. The summed E-state index contributed by atoms with van der Waals surface area (Å²) in [6.45, 7) is 20.9. The number of fused-ring (bicyclic) bond motifs is 2. The van der Waals surface area contributed by atoms with Gasteiger partial charge in [-0.2, -0.15) is 9.97 Å². The lowest BCUT2D eigenvalue weighted by Crippen LogP contribution is -2.56. The van der Waals surface area contributed by atoms with E-state index in [2.05, 4.69) is 83.4 Å². The zero-order valence-corrected chi connectivity index (χ0v) is 28.8. The number of rotatable bonds is 10. The Kier molecular flexibility index (Phi) is 9.04. The number of likely N-dealkylation sites (N-methyl/N-ethyl adjacent to an activating group) is 1. The van der Waals surface area contributed by atoms with Crippen molar-refractivity contribution in [3.63, 3.8) is 0 Å². The molecule has 1 aromatic heterocycles. The van der Waals surface area contributed by atoms with Crippen molar-refractivity contribution in [1.29, 1.82) is 0 Å². The van der Waals surface area contributed by atoms with E-state index in [1.165, 1.54) is 60.2 Å². The molecule has 4 aliphatic rings. The van der Waals surface area contributed by atoms with Gasteiger partial charge in [0.25, 0.3) is 0 Å². The Morgan fingerprint density at radius 2 is 1.96 bits per heavy atom. The van der Waals surface area contributed by atoms with Crippen LogP contribution in [0.2, 0.25) is 0 Å². The summed E-state index contributed by atoms with van der Waals surface area (Å²) >= 11 is 0. The third kappa shape index (κ3) is 6.35. The molecule has 48 heavy (non-hydrogen) atoms. The molecule has 1 saturated heterocycles. The molecule has 0 bridgehead atoms. The van der Waals surface area contributed by atoms with Crippen LogP contribution in [-0.2, 0) is 17.8 Å². The van der Waals surface area contributed by atoms with Gasteiger partial charge in [-0.3, -0.25) is 4.79 Å². The molecule has 3 heterocycles. The highest BCUT2D eigenvalue weighted by molar-refractivity contribution is 5.97. The average Bonchev–Trinajstić information content (AvgIpc) is 3.04. The number of aryl methyl sites for hydroxylation is 1.